The molecule has 4 heteroatoms. The van der Waals surface area contributed by atoms with Crippen LogP contribution in [0.1, 0.15) is 46.0 Å². The van der Waals surface area contributed by atoms with Crippen LogP contribution in [0.25, 0.3) is 0 Å². The summed E-state index contributed by atoms with van der Waals surface area (Å²) in [4.78, 5) is 4.32. The minimum Gasteiger partial charge on any atom is -0.366 e. The van der Waals surface area contributed by atoms with Crippen LogP contribution >= 0.6 is 27.5 Å². The number of halogens is 2. The summed E-state index contributed by atoms with van der Waals surface area (Å²) in [5.74, 6) is 0.893. The highest BCUT2D eigenvalue weighted by atomic mass is 79.9. The molecule has 0 aliphatic heterocycles. The fraction of sp³-hybridized carbons (Fsp3) is 0.615. The van der Waals surface area contributed by atoms with Gasteiger partial charge in [-0.2, -0.15) is 0 Å². The first-order valence-electron chi connectivity index (χ1n) is 6.25. The number of pyridine rings is 1. The maximum absolute atomic E-state index is 5.88. The van der Waals surface area contributed by atoms with Crippen molar-refractivity contribution >= 4 is 33.3 Å². The van der Waals surface area contributed by atoms with Crippen molar-refractivity contribution in [3.8, 4) is 0 Å². The van der Waals surface area contributed by atoms with Crippen molar-refractivity contribution < 1.29 is 0 Å². The first-order valence-corrected chi connectivity index (χ1v) is 7.42. The van der Waals surface area contributed by atoms with Gasteiger partial charge in [0.15, 0.2) is 0 Å². The van der Waals surface area contributed by atoms with Crippen LogP contribution in [0.15, 0.2) is 16.7 Å². The minimum atomic E-state index is 0.505. The molecule has 1 heterocycles. The average Bonchev–Trinajstić information content (AvgIpc) is 2.29. The number of rotatable bonds is 7. The molecular formula is C13H20BrClN2. The van der Waals surface area contributed by atoms with Crippen molar-refractivity contribution in [3.05, 3.63) is 21.8 Å². The first kappa shape index (κ1) is 14.8. The number of hydrogen-bond donors (Lipinski definition) is 1. The predicted octanol–water partition coefficient (Wildman–Crippen LogP) is 5.27. The van der Waals surface area contributed by atoms with Crippen LogP contribution in [-0.2, 0) is 0 Å². The molecule has 0 radical (unpaired) electrons. The van der Waals surface area contributed by atoms with E-state index >= 15 is 0 Å². The van der Waals surface area contributed by atoms with Crippen molar-refractivity contribution in [3.63, 3.8) is 0 Å². The van der Waals surface area contributed by atoms with Crippen molar-refractivity contribution in [2.75, 3.05) is 5.32 Å². The molecule has 0 saturated heterocycles. The predicted molar refractivity (Wildman–Crippen MR) is 78.8 cm³/mol. The van der Waals surface area contributed by atoms with Gasteiger partial charge in [0.1, 0.15) is 5.82 Å². The van der Waals surface area contributed by atoms with Gasteiger partial charge in [0, 0.05) is 12.2 Å². The van der Waals surface area contributed by atoms with E-state index in [2.05, 4.69) is 40.1 Å². The molecule has 0 saturated carbocycles. The number of unbranched alkanes of at least 4 members (excludes halogenated alkanes) is 1. The van der Waals surface area contributed by atoms with Crippen LogP contribution in [0.5, 0.6) is 0 Å². The third-order valence-electron chi connectivity index (χ3n) is 2.69. The van der Waals surface area contributed by atoms with Crippen molar-refractivity contribution in [2.45, 2.75) is 52.0 Å². The molecule has 1 aromatic rings. The monoisotopic (exact) mass is 318 g/mol. The van der Waals surface area contributed by atoms with Gasteiger partial charge in [0.25, 0.3) is 0 Å². The second-order valence-electron chi connectivity index (χ2n) is 4.26. The molecule has 1 rings (SSSR count). The Bertz CT molecular complexity index is 344. The summed E-state index contributed by atoms with van der Waals surface area (Å²) in [6, 6.07) is 2.38. The van der Waals surface area contributed by atoms with E-state index in [-0.39, 0.29) is 0 Å². The van der Waals surface area contributed by atoms with Crippen LogP contribution in [0.4, 0.5) is 5.82 Å². The Hall–Kier alpha value is -0.280. The first-order chi connectivity index (χ1) is 8.17. The summed E-state index contributed by atoms with van der Waals surface area (Å²) in [6.45, 7) is 4.43. The van der Waals surface area contributed by atoms with Crippen molar-refractivity contribution in [1.29, 1.82) is 0 Å². The molecule has 1 N–H and O–H groups in total. The summed E-state index contributed by atoms with van der Waals surface area (Å²) >= 11 is 9.36. The number of nitrogens with one attached hydrogen (secondary N) is 1. The zero-order valence-corrected chi connectivity index (χ0v) is 12.8. The molecule has 1 unspecified atom stereocenters. The number of nitrogens with zero attached hydrogens (tertiary/aromatic N) is 1. The lowest BCUT2D eigenvalue weighted by atomic mass is 10.1. The van der Waals surface area contributed by atoms with E-state index in [0.717, 1.165) is 10.3 Å². The molecule has 17 heavy (non-hydrogen) atoms. The third kappa shape index (κ3) is 5.26. The number of anilines is 1. The Kier molecular flexibility index (Phi) is 6.90. The normalized spacial score (nSPS) is 12.5. The van der Waals surface area contributed by atoms with Crippen LogP contribution in [0.2, 0.25) is 5.02 Å². The van der Waals surface area contributed by atoms with Crippen LogP contribution < -0.4 is 5.32 Å². The maximum Gasteiger partial charge on any atom is 0.140 e. The van der Waals surface area contributed by atoms with Crippen LogP contribution in [-0.4, -0.2) is 11.0 Å². The molecule has 0 fully saturated rings. The van der Waals surface area contributed by atoms with Gasteiger partial charge < -0.3 is 5.32 Å². The smallest absolute Gasteiger partial charge is 0.140 e. The Morgan fingerprint density at radius 1 is 1.35 bits per heavy atom. The maximum atomic E-state index is 5.88. The van der Waals surface area contributed by atoms with Gasteiger partial charge in [0.2, 0.25) is 0 Å². The molecule has 0 bridgehead atoms. The van der Waals surface area contributed by atoms with Crippen molar-refractivity contribution in [2.24, 2.45) is 0 Å². The Morgan fingerprint density at radius 3 is 2.71 bits per heavy atom. The third-order valence-corrected chi connectivity index (χ3v) is 3.50. The molecule has 0 aliphatic carbocycles. The van der Waals surface area contributed by atoms with E-state index in [9.17, 15) is 0 Å². The van der Waals surface area contributed by atoms with Crippen LogP contribution in [0.3, 0.4) is 0 Å². The zero-order chi connectivity index (χ0) is 12.7. The Morgan fingerprint density at radius 2 is 2.12 bits per heavy atom. The molecule has 1 aromatic heterocycles. The molecule has 0 aromatic carbocycles. The van der Waals surface area contributed by atoms with Gasteiger partial charge in [-0.15, -0.1) is 0 Å². The average molecular weight is 320 g/mol. The molecular weight excluding hydrogens is 300 g/mol. The summed E-state index contributed by atoms with van der Waals surface area (Å²) in [6.07, 6.45) is 7.72. The Balaban J connectivity index is 2.64. The highest BCUT2D eigenvalue weighted by molar-refractivity contribution is 9.10. The highest BCUT2D eigenvalue weighted by Crippen LogP contribution is 2.25. The van der Waals surface area contributed by atoms with E-state index in [1.165, 1.54) is 32.1 Å². The topological polar surface area (TPSA) is 24.9 Å². The SMILES string of the molecule is CCCCC(CCC)Nc1ncc(Cl)cc1Br. The lowest BCUT2D eigenvalue weighted by Gasteiger charge is -2.19. The summed E-state index contributed by atoms with van der Waals surface area (Å²) < 4.78 is 0.933. The largest absolute Gasteiger partial charge is 0.366 e. The quantitative estimate of drug-likeness (QED) is 0.740. The lowest BCUT2D eigenvalue weighted by molar-refractivity contribution is 0.562. The van der Waals surface area contributed by atoms with Gasteiger partial charge in [-0.3, -0.25) is 0 Å². The highest BCUT2D eigenvalue weighted by Gasteiger charge is 2.10. The minimum absolute atomic E-state index is 0.505. The van der Waals surface area contributed by atoms with Gasteiger partial charge in [-0.1, -0.05) is 44.7 Å². The summed E-state index contributed by atoms with van der Waals surface area (Å²) in [7, 11) is 0. The fourth-order valence-electron chi connectivity index (χ4n) is 1.80. The second kappa shape index (κ2) is 7.93. The van der Waals surface area contributed by atoms with Crippen molar-refractivity contribution in [1.82, 2.24) is 4.98 Å². The second-order valence-corrected chi connectivity index (χ2v) is 5.55. The molecule has 0 aliphatic rings. The van der Waals surface area contributed by atoms with Gasteiger partial charge in [-0.05, 0) is 34.8 Å². The Labute approximate surface area is 117 Å². The summed E-state index contributed by atoms with van der Waals surface area (Å²) in [5, 5.41) is 4.15. The molecule has 0 amide bonds. The van der Waals surface area contributed by atoms with E-state index in [4.69, 9.17) is 11.6 Å². The zero-order valence-electron chi connectivity index (χ0n) is 10.5. The molecule has 2 nitrogen and oxygen atoms in total. The number of hydrogen-bond acceptors (Lipinski definition) is 2. The summed E-state index contributed by atoms with van der Waals surface area (Å²) in [5.41, 5.74) is 0. The van der Waals surface area contributed by atoms with Crippen LogP contribution in [0, 0.1) is 0 Å². The van der Waals surface area contributed by atoms with Gasteiger partial charge in [0.05, 0.1) is 9.50 Å². The standard InChI is InChI=1S/C13H20BrClN2/c1-3-5-7-11(6-4-2)17-13-12(14)8-10(15)9-16-13/h8-9,11H,3-7H2,1-2H3,(H,16,17). The van der Waals surface area contributed by atoms with E-state index in [1.807, 2.05) is 6.07 Å². The molecule has 1 atom stereocenters. The number of aromatic nitrogens is 1. The lowest BCUT2D eigenvalue weighted by Crippen LogP contribution is -2.20. The van der Waals surface area contributed by atoms with Gasteiger partial charge >= 0.3 is 0 Å². The van der Waals surface area contributed by atoms with Gasteiger partial charge in [-0.25, -0.2) is 4.98 Å². The van der Waals surface area contributed by atoms with E-state index in [0.29, 0.717) is 11.1 Å². The molecule has 0 spiro atoms. The molecule has 96 valence electrons. The van der Waals surface area contributed by atoms with E-state index < -0.39 is 0 Å². The van der Waals surface area contributed by atoms with E-state index in [1.54, 1.807) is 6.20 Å². The fourth-order valence-corrected chi connectivity index (χ4v) is 2.55.